The summed E-state index contributed by atoms with van der Waals surface area (Å²) in [5.74, 6) is 0.211. The van der Waals surface area contributed by atoms with E-state index in [9.17, 15) is 5.11 Å². The van der Waals surface area contributed by atoms with Crippen LogP contribution in [0.25, 0.3) is 0 Å². The van der Waals surface area contributed by atoms with Crippen LogP contribution in [0.5, 0.6) is 0 Å². The summed E-state index contributed by atoms with van der Waals surface area (Å²) in [7, 11) is 5.70. The molecule has 114 valence electrons. The molecule has 0 saturated heterocycles. The lowest BCUT2D eigenvalue weighted by molar-refractivity contribution is -0.0124. The molecule has 0 bridgehead atoms. The van der Waals surface area contributed by atoms with Gasteiger partial charge in [0.2, 0.25) is 0 Å². The van der Waals surface area contributed by atoms with Crippen LogP contribution in [0.3, 0.4) is 0 Å². The van der Waals surface area contributed by atoms with E-state index in [-0.39, 0.29) is 12.0 Å². The van der Waals surface area contributed by atoms with Crippen molar-refractivity contribution < 1.29 is 5.11 Å². The minimum Gasteiger partial charge on any atom is -0.389 e. The first-order valence-electron chi connectivity index (χ1n) is 7.70. The summed E-state index contributed by atoms with van der Waals surface area (Å²) in [4.78, 5) is 0. The second-order valence-corrected chi connectivity index (χ2v) is 6.48. The van der Waals surface area contributed by atoms with Crippen molar-refractivity contribution in [2.24, 2.45) is 5.92 Å². The smallest absolute Gasteiger partial charge is 0.113 e. The van der Waals surface area contributed by atoms with E-state index in [1.165, 1.54) is 5.56 Å². The first kappa shape index (κ1) is 18.0. The van der Waals surface area contributed by atoms with E-state index in [0.717, 1.165) is 24.0 Å². The number of hydrogen-bond acceptors (Lipinski definition) is 2. The van der Waals surface area contributed by atoms with Gasteiger partial charge < -0.3 is 10.4 Å². The molecular weight excluding hydrogens is 257 g/mol. The quantitative estimate of drug-likeness (QED) is 0.568. The minimum atomic E-state index is -0.681. The van der Waals surface area contributed by atoms with Gasteiger partial charge >= 0.3 is 0 Å². The molecule has 1 aromatic carbocycles. The van der Waals surface area contributed by atoms with Crippen LogP contribution in [0.4, 0.5) is 0 Å². The molecule has 2 nitrogen and oxygen atoms in total. The van der Waals surface area contributed by atoms with Crippen molar-refractivity contribution in [1.29, 1.82) is 0 Å². The Bertz CT molecular complexity index is 455. The monoisotopic (exact) mass is 285 g/mol. The van der Waals surface area contributed by atoms with Gasteiger partial charge in [0.25, 0.3) is 0 Å². The zero-order valence-electron chi connectivity index (χ0n) is 13.8. The number of hydrogen-bond donors (Lipinski definition) is 2. The molecule has 2 atom stereocenters. The average Bonchev–Trinajstić information content (AvgIpc) is 2.38. The third kappa shape index (κ3) is 5.68. The second kappa shape index (κ2) is 7.81. The van der Waals surface area contributed by atoms with Crippen molar-refractivity contribution in [3.05, 3.63) is 42.0 Å². The van der Waals surface area contributed by atoms with Crippen LogP contribution in [-0.2, 0) is 0 Å². The van der Waals surface area contributed by atoms with Crippen LogP contribution in [-0.4, -0.2) is 25.1 Å². The zero-order valence-corrected chi connectivity index (χ0v) is 13.8. The maximum Gasteiger partial charge on any atom is 0.113 e. The van der Waals surface area contributed by atoms with Gasteiger partial charge in [-0.05, 0) is 44.7 Å². The molecule has 2 N–H and O–H groups in total. The van der Waals surface area contributed by atoms with Crippen LogP contribution in [0.2, 0.25) is 0 Å². The Morgan fingerprint density at radius 3 is 2.33 bits per heavy atom. The molecule has 1 aromatic rings. The predicted octanol–water partition coefficient (Wildman–Crippen LogP) is 2.87. The van der Waals surface area contributed by atoms with Gasteiger partial charge in [0.1, 0.15) is 7.85 Å². The third-order valence-electron chi connectivity index (χ3n) is 4.13. The van der Waals surface area contributed by atoms with Crippen LogP contribution in [0.1, 0.15) is 52.1 Å². The molecule has 3 heteroatoms. The topological polar surface area (TPSA) is 32.3 Å². The molecule has 0 aliphatic carbocycles. The molecule has 1 unspecified atom stereocenters. The first-order chi connectivity index (χ1) is 9.74. The summed E-state index contributed by atoms with van der Waals surface area (Å²) in [5, 5.41) is 14.2. The minimum absolute atomic E-state index is 0.211. The molecule has 0 amide bonds. The number of aliphatic hydroxyl groups is 1. The van der Waals surface area contributed by atoms with Gasteiger partial charge in [0, 0.05) is 6.04 Å². The van der Waals surface area contributed by atoms with Crippen molar-refractivity contribution in [3.63, 3.8) is 0 Å². The maximum absolute atomic E-state index is 10.8. The Morgan fingerprint density at radius 2 is 1.86 bits per heavy atom. The Labute approximate surface area is 131 Å². The van der Waals surface area contributed by atoms with Crippen LogP contribution < -0.4 is 10.8 Å². The molecule has 0 fully saturated rings. The lowest BCUT2D eigenvalue weighted by Crippen LogP contribution is -2.39. The molecule has 0 aliphatic rings. The maximum atomic E-state index is 10.8. The predicted molar refractivity (Wildman–Crippen MR) is 92.1 cm³/mol. The lowest BCUT2D eigenvalue weighted by Gasteiger charge is -2.33. The lowest BCUT2D eigenvalue weighted by atomic mass is 9.82. The van der Waals surface area contributed by atoms with E-state index in [1.807, 2.05) is 31.2 Å². The molecule has 0 aromatic heterocycles. The van der Waals surface area contributed by atoms with Gasteiger partial charge in [-0.1, -0.05) is 49.1 Å². The first-order valence-corrected chi connectivity index (χ1v) is 7.70. The second-order valence-electron chi connectivity index (χ2n) is 6.48. The number of rotatable bonds is 8. The van der Waals surface area contributed by atoms with E-state index < -0.39 is 5.60 Å². The van der Waals surface area contributed by atoms with Gasteiger partial charge in [-0.3, -0.25) is 0 Å². The van der Waals surface area contributed by atoms with E-state index >= 15 is 0 Å². The van der Waals surface area contributed by atoms with E-state index in [0.29, 0.717) is 6.42 Å². The number of nitrogens with one attached hydrogen (secondary N) is 1. The molecule has 0 spiro atoms. The Balaban J connectivity index is 2.54. The molecule has 0 aliphatic heterocycles. The van der Waals surface area contributed by atoms with Crippen LogP contribution >= 0.6 is 0 Å². The van der Waals surface area contributed by atoms with Crippen molar-refractivity contribution in [1.82, 2.24) is 5.32 Å². The fraction of sp³-hybridized carbons (Fsp3) is 0.556. The standard InChI is InChI=1S/C18H28BNO/c1-13(2)12-18(21,14(3)4)10-11-20-15(5)16-6-8-17(19)9-7-16/h6-9,14-15,20-21H,1,10-12H2,2-5H3/t15-,18?/m0/s1. The van der Waals surface area contributed by atoms with Crippen molar-refractivity contribution in [3.8, 4) is 0 Å². The molecule has 1 rings (SSSR count). The molecule has 0 saturated carbocycles. The van der Waals surface area contributed by atoms with Crippen molar-refractivity contribution in [2.45, 2.75) is 52.2 Å². The highest BCUT2D eigenvalue weighted by Crippen LogP contribution is 2.28. The summed E-state index contributed by atoms with van der Waals surface area (Å²) in [6.45, 7) is 12.9. The summed E-state index contributed by atoms with van der Waals surface area (Å²) in [5.41, 5.74) is 2.33. The Hall–Kier alpha value is -1.06. The molecule has 0 heterocycles. The highest BCUT2D eigenvalue weighted by molar-refractivity contribution is 6.32. The highest BCUT2D eigenvalue weighted by Gasteiger charge is 2.30. The Kier molecular flexibility index (Phi) is 6.69. The summed E-state index contributed by atoms with van der Waals surface area (Å²) < 4.78 is 0. The van der Waals surface area contributed by atoms with Crippen LogP contribution in [0.15, 0.2) is 36.4 Å². The van der Waals surface area contributed by atoms with Crippen molar-refractivity contribution in [2.75, 3.05) is 6.54 Å². The highest BCUT2D eigenvalue weighted by atomic mass is 16.3. The molecular formula is C18H28BNO. The van der Waals surface area contributed by atoms with Gasteiger partial charge in [-0.15, -0.1) is 6.58 Å². The van der Waals surface area contributed by atoms with E-state index in [4.69, 9.17) is 7.85 Å². The molecule has 21 heavy (non-hydrogen) atoms. The summed E-state index contributed by atoms with van der Waals surface area (Å²) >= 11 is 0. The fourth-order valence-corrected chi connectivity index (χ4v) is 2.51. The molecule has 2 radical (unpaired) electrons. The van der Waals surface area contributed by atoms with E-state index in [2.05, 4.69) is 32.7 Å². The SMILES string of the molecule is [B]c1ccc([C@H](C)NCCC(O)(CC(=C)C)C(C)C)cc1. The summed E-state index contributed by atoms with van der Waals surface area (Å²) in [6.07, 6.45) is 1.37. The van der Waals surface area contributed by atoms with Gasteiger partial charge in [0.15, 0.2) is 0 Å². The number of benzene rings is 1. The zero-order chi connectivity index (χ0) is 16.0. The normalized spacial score (nSPS) is 15.7. The Morgan fingerprint density at radius 1 is 1.29 bits per heavy atom. The third-order valence-corrected chi connectivity index (χ3v) is 4.13. The average molecular weight is 285 g/mol. The van der Waals surface area contributed by atoms with Crippen molar-refractivity contribution >= 4 is 13.3 Å². The van der Waals surface area contributed by atoms with Gasteiger partial charge in [-0.2, -0.15) is 0 Å². The summed E-state index contributed by atoms with van der Waals surface area (Å²) in [6, 6.07) is 8.15. The largest absolute Gasteiger partial charge is 0.389 e. The van der Waals surface area contributed by atoms with Gasteiger partial charge in [-0.25, -0.2) is 0 Å². The van der Waals surface area contributed by atoms with Crippen LogP contribution in [0, 0.1) is 5.92 Å². The van der Waals surface area contributed by atoms with E-state index in [1.54, 1.807) is 0 Å². The fourth-order valence-electron chi connectivity index (χ4n) is 2.51. The van der Waals surface area contributed by atoms with Gasteiger partial charge in [0.05, 0.1) is 5.60 Å².